The number of hydrogen-bond acceptors (Lipinski definition) is 1. The molecule has 7 aromatic rings. The lowest BCUT2D eigenvalue weighted by Crippen LogP contribution is -2.10. The van der Waals surface area contributed by atoms with Crippen LogP contribution in [0.25, 0.3) is 60.5 Å². The van der Waals surface area contributed by atoms with Gasteiger partial charge in [0, 0.05) is 11.1 Å². The highest BCUT2D eigenvalue weighted by atomic mass is 16.5. The van der Waals surface area contributed by atoms with Crippen molar-refractivity contribution in [2.45, 2.75) is 12.8 Å². The molecule has 43 heavy (non-hydrogen) atoms. The first-order chi connectivity index (χ1) is 21.3. The minimum Gasteiger partial charge on any atom is -0.456 e. The zero-order valence-electron chi connectivity index (χ0n) is 23.7. The molecule has 1 nitrogen and oxygen atoms in total. The predicted octanol–water partition coefficient (Wildman–Crippen LogP) is 11.5. The Hall–Kier alpha value is -5.40. The first kappa shape index (κ1) is 24.2. The number of allylic oxidation sites excluding steroid dienone is 1. The summed E-state index contributed by atoms with van der Waals surface area (Å²) in [5.74, 6) is 1.92. The van der Waals surface area contributed by atoms with Gasteiger partial charge in [0.2, 0.25) is 0 Å². The Morgan fingerprint density at radius 2 is 1.05 bits per heavy atom. The van der Waals surface area contributed by atoms with Gasteiger partial charge in [-0.05, 0) is 115 Å². The van der Waals surface area contributed by atoms with E-state index in [-0.39, 0.29) is 0 Å². The van der Waals surface area contributed by atoms with Crippen molar-refractivity contribution in [1.29, 1.82) is 0 Å². The molecule has 0 N–H and O–H groups in total. The average Bonchev–Trinajstić information content (AvgIpc) is 3.08. The number of para-hydroxylation sites is 1. The van der Waals surface area contributed by atoms with Crippen LogP contribution in [0.1, 0.15) is 23.1 Å². The van der Waals surface area contributed by atoms with Crippen molar-refractivity contribution in [3.63, 3.8) is 0 Å². The van der Waals surface area contributed by atoms with E-state index < -0.39 is 0 Å². The van der Waals surface area contributed by atoms with Crippen molar-refractivity contribution >= 4 is 27.1 Å². The summed E-state index contributed by atoms with van der Waals surface area (Å²) in [4.78, 5) is 0. The number of rotatable bonds is 3. The van der Waals surface area contributed by atoms with Crippen molar-refractivity contribution in [2.75, 3.05) is 0 Å². The monoisotopic (exact) mass is 548 g/mol. The van der Waals surface area contributed by atoms with Crippen molar-refractivity contribution < 1.29 is 4.74 Å². The average molecular weight is 549 g/mol. The third-order valence-electron chi connectivity index (χ3n) is 9.11. The molecule has 0 aromatic heterocycles. The molecule has 1 aliphatic heterocycles. The van der Waals surface area contributed by atoms with Gasteiger partial charge in [-0.2, -0.15) is 0 Å². The molecular weight excluding hydrogens is 520 g/mol. The Bertz CT molecular complexity index is 2270. The second-order valence-electron chi connectivity index (χ2n) is 11.6. The zero-order chi connectivity index (χ0) is 28.3. The molecule has 0 atom stereocenters. The Morgan fingerprint density at radius 1 is 0.419 bits per heavy atom. The van der Waals surface area contributed by atoms with Crippen LogP contribution in [-0.4, -0.2) is 0 Å². The number of hydrogen-bond donors (Lipinski definition) is 0. The van der Waals surface area contributed by atoms with E-state index in [2.05, 4.69) is 140 Å². The minimum absolute atomic E-state index is 0.949. The summed E-state index contributed by atoms with van der Waals surface area (Å²) in [6.07, 6.45) is 4.44. The number of benzene rings is 7. The van der Waals surface area contributed by atoms with E-state index in [4.69, 9.17) is 4.74 Å². The third kappa shape index (κ3) is 4.00. The van der Waals surface area contributed by atoms with Crippen LogP contribution >= 0.6 is 0 Å². The molecule has 7 aromatic carbocycles. The van der Waals surface area contributed by atoms with Gasteiger partial charge in [0.25, 0.3) is 0 Å². The van der Waals surface area contributed by atoms with Gasteiger partial charge in [0.1, 0.15) is 11.5 Å². The van der Waals surface area contributed by atoms with Crippen LogP contribution in [0.4, 0.5) is 0 Å². The van der Waals surface area contributed by atoms with E-state index in [1.54, 1.807) is 0 Å². The van der Waals surface area contributed by atoms with E-state index in [1.165, 1.54) is 77.2 Å². The molecule has 1 heteroatoms. The van der Waals surface area contributed by atoms with Crippen molar-refractivity contribution in [3.8, 4) is 44.9 Å². The summed E-state index contributed by atoms with van der Waals surface area (Å²) >= 11 is 0. The lowest BCUT2D eigenvalue weighted by molar-refractivity contribution is 0.472. The van der Waals surface area contributed by atoms with Crippen LogP contribution in [0.2, 0.25) is 0 Å². The maximum absolute atomic E-state index is 6.36. The van der Waals surface area contributed by atoms with Gasteiger partial charge in [0.15, 0.2) is 0 Å². The molecule has 0 amide bonds. The van der Waals surface area contributed by atoms with Crippen LogP contribution in [-0.2, 0) is 6.42 Å². The van der Waals surface area contributed by atoms with Crippen molar-refractivity contribution in [3.05, 3.63) is 162 Å². The van der Waals surface area contributed by atoms with E-state index in [9.17, 15) is 0 Å². The van der Waals surface area contributed by atoms with Gasteiger partial charge >= 0.3 is 0 Å². The third-order valence-corrected chi connectivity index (χ3v) is 9.11. The summed E-state index contributed by atoms with van der Waals surface area (Å²) in [7, 11) is 0. The first-order valence-corrected chi connectivity index (χ1v) is 15.1. The van der Waals surface area contributed by atoms with Crippen LogP contribution in [0, 0.1) is 0 Å². The van der Waals surface area contributed by atoms with E-state index in [0.717, 1.165) is 24.3 Å². The van der Waals surface area contributed by atoms with Crippen LogP contribution in [0.3, 0.4) is 0 Å². The molecule has 0 unspecified atom stereocenters. The largest absolute Gasteiger partial charge is 0.456 e. The molecule has 0 spiro atoms. The number of fused-ring (bicyclic) bond motifs is 4. The fraction of sp³-hybridized carbons (Fsp3) is 0.0476. The molecular formula is C42H28O. The topological polar surface area (TPSA) is 9.23 Å². The second kappa shape index (κ2) is 9.58. The molecule has 202 valence electrons. The molecule has 9 rings (SSSR count). The highest BCUT2D eigenvalue weighted by molar-refractivity contribution is 5.95. The Kier molecular flexibility index (Phi) is 5.39. The van der Waals surface area contributed by atoms with Crippen LogP contribution < -0.4 is 4.74 Å². The molecule has 0 fully saturated rings. The molecule has 0 saturated carbocycles. The molecule has 1 aliphatic carbocycles. The molecule has 0 radical (unpaired) electrons. The van der Waals surface area contributed by atoms with Crippen LogP contribution in [0.5, 0.6) is 11.5 Å². The van der Waals surface area contributed by atoms with Gasteiger partial charge in [0.05, 0.1) is 0 Å². The summed E-state index contributed by atoms with van der Waals surface area (Å²) in [6.45, 7) is 0. The van der Waals surface area contributed by atoms with Gasteiger partial charge < -0.3 is 4.74 Å². The van der Waals surface area contributed by atoms with Crippen LogP contribution in [0.15, 0.2) is 146 Å². The second-order valence-corrected chi connectivity index (χ2v) is 11.6. The van der Waals surface area contributed by atoms with Gasteiger partial charge in [-0.15, -0.1) is 0 Å². The maximum Gasteiger partial charge on any atom is 0.135 e. The maximum atomic E-state index is 6.36. The molecule has 1 heterocycles. The summed E-state index contributed by atoms with van der Waals surface area (Å²) in [5.41, 5.74) is 12.7. The Morgan fingerprint density at radius 3 is 1.84 bits per heavy atom. The summed E-state index contributed by atoms with van der Waals surface area (Å²) in [6, 6.07) is 50.7. The van der Waals surface area contributed by atoms with E-state index >= 15 is 0 Å². The standard InChI is InChI=1S/C42H28O/c1-2-8-28-23-31(16-15-27(28)7-1)33-20-19-32-24-30(17-18-34(32)25-33)29-9-5-10-35(26-29)36-21-22-41-42-38(36)12-6-13-39(42)37-11-3-4-14-40(37)43-41/h1-5,7-11,13-26H,6,12H2. The highest BCUT2D eigenvalue weighted by Gasteiger charge is 2.28. The lowest BCUT2D eigenvalue weighted by atomic mass is 9.80. The predicted molar refractivity (Wildman–Crippen MR) is 180 cm³/mol. The highest BCUT2D eigenvalue weighted by Crippen LogP contribution is 2.49. The summed E-state index contributed by atoms with van der Waals surface area (Å²) in [5, 5.41) is 5.05. The fourth-order valence-corrected chi connectivity index (χ4v) is 6.98. The molecule has 2 aliphatic rings. The van der Waals surface area contributed by atoms with Gasteiger partial charge in [-0.3, -0.25) is 0 Å². The molecule has 0 saturated heterocycles. The smallest absolute Gasteiger partial charge is 0.135 e. The quantitative estimate of drug-likeness (QED) is 0.213. The summed E-state index contributed by atoms with van der Waals surface area (Å²) < 4.78 is 6.36. The van der Waals surface area contributed by atoms with E-state index in [1.807, 2.05) is 6.07 Å². The first-order valence-electron chi connectivity index (χ1n) is 15.1. The minimum atomic E-state index is 0.949. The van der Waals surface area contributed by atoms with Crippen molar-refractivity contribution in [2.24, 2.45) is 0 Å². The SMILES string of the molecule is C1=C2c3ccccc3Oc3ccc(-c4cccc(-c5ccc6cc(-c7ccc8ccccc8c7)ccc6c5)c4)c(c32)CC1. The zero-order valence-corrected chi connectivity index (χ0v) is 23.7. The normalized spacial score (nSPS) is 13.3. The van der Waals surface area contributed by atoms with Gasteiger partial charge in [-0.1, -0.05) is 109 Å². The van der Waals surface area contributed by atoms with E-state index in [0.29, 0.717) is 0 Å². The molecule has 0 bridgehead atoms. The van der Waals surface area contributed by atoms with Gasteiger partial charge in [-0.25, -0.2) is 0 Å². The fourth-order valence-electron chi connectivity index (χ4n) is 6.98. The lowest BCUT2D eigenvalue weighted by Gasteiger charge is -2.29. The van der Waals surface area contributed by atoms with Crippen molar-refractivity contribution in [1.82, 2.24) is 0 Å². The Balaban J connectivity index is 1.08. The number of ether oxygens (including phenoxy) is 1. The Labute approximate surface area is 251 Å².